The Morgan fingerprint density at radius 2 is 0.784 bits per heavy atom. The maximum Gasteiger partial charge on any atom is 1.00 e. The third kappa shape index (κ3) is 51.1. The third-order valence-electron chi connectivity index (χ3n) is 13.5. The number of hydrogen-bond acceptors (Lipinski definition) is 19. The third-order valence-corrected chi connectivity index (χ3v) is 13.9. The first-order valence-corrected chi connectivity index (χ1v) is 34.5. The second kappa shape index (κ2) is 62.5. The number of rotatable bonds is 38. The van der Waals surface area contributed by atoms with Gasteiger partial charge in [-0.05, 0) is 183 Å². The van der Waals surface area contributed by atoms with Crippen molar-refractivity contribution in [1.82, 2.24) is 10.6 Å². The topological polar surface area (TPSA) is 293 Å². The molecule has 532 valence electrons. The largest absolute Gasteiger partial charge is 1.00 e. The van der Waals surface area contributed by atoms with Gasteiger partial charge in [-0.1, -0.05) is 116 Å². The zero-order chi connectivity index (χ0) is 74.0. The van der Waals surface area contributed by atoms with Crippen LogP contribution in [0.3, 0.4) is 0 Å². The molecule has 0 bridgehead atoms. The number of nitrogens with one attached hydrogen (secondary N) is 2. The van der Waals surface area contributed by atoms with Crippen LogP contribution in [0.25, 0.3) is 0 Å². The molecule has 2 aliphatic heterocycles. The number of phosphoric ester groups is 1. The van der Waals surface area contributed by atoms with E-state index in [9.17, 15) is 48.2 Å². The van der Waals surface area contributed by atoms with E-state index < -0.39 is 117 Å². The monoisotopic (exact) mass is 1430 g/mol. The summed E-state index contributed by atoms with van der Waals surface area (Å²) in [5.74, 6) is 58.9. The van der Waals surface area contributed by atoms with Gasteiger partial charge in [-0.25, -0.2) is 0 Å². The van der Waals surface area contributed by atoms with Crippen LogP contribution in [0.2, 0.25) is 0 Å². The number of aliphatic hydroxyl groups is 1. The summed E-state index contributed by atoms with van der Waals surface area (Å²) in [6.07, 6.45) is 14.9. The fourth-order valence-corrected chi connectivity index (χ4v) is 9.57. The molecular weight excluding hydrogens is 1350 g/mol. The fourth-order valence-electron chi connectivity index (χ4n) is 9.13. The Balaban J connectivity index is 0. The number of terminal acetylenes is 2. The standard InChI is InChI=1S/C39H46NO11P.C39H45NO8.2Na/c1-6-8-10-12-14-16-17-18-19-20-21-23-25-27-33(42)29-35(43)40-36-38(47-28-26-24-22-15-13-11-9-7-2)37(49-32(5)41)34(30-48-31(3)4)50-39(36)51-52(44,45)46;1-6-8-10-12-14-16-17-18-19-20-21-23-25-27-33(42)29-35(43)40-36-38(45-28-26-24-22-15-13-11-9-7-2)37(47-32(5)41)34(48-39(36)44)30-46-31(3)4;;/h1,31,34,36-39H,7,9,11,13,15,22,24,26-30H2,2-5H3,(H,40,43)(H2,44,45,46);1,31,34,36-39,44H,7,9,11,13,15,22,24,26-30H2,2-5H3,(H,40,43);;/q;;2*+1/p-2/t34-,36-,37-,38-,39-;34-,36-,37-,38-,39?;;/m11../s1. The zero-order valence-electron chi connectivity index (χ0n) is 60.3. The molecule has 2 aliphatic rings. The van der Waals surface area contributed by atoms with Gasteiger partial charge in [0.15, 0.2) is 36.4 Å². The number of carbonyl (C=O) groups excluding carboxylic acids is 6. The molecule has 0 aromatic rings. The van der Waals surface area contributed by atoms with Gasteiger partial charge >= 0.3 is 71.1 Å². The summed E-state index contributed by atoms with van der Waals surface area (Å²) in [5, 5.41) is 16.1. The summed E-state index contributed by atoms with van der Waals surface area (Å²) < 4.78 is 62.8. The van der Waals surface area contributed by atoms with Crippen LogP contribution in [0, 0.1) is 167 Å². The molecule has 0 aromatic carbocycles. The Kier molecular flexibility index (Phi) is 59.4. The number of ketones is 2. The summed E-state index contributed by atoms with van der Waals surface area (Å²) in [6, 6.07) is -2.59. The summed E-state index contributed by atoms with van der Waals surface area (Å²) in [6.45, 7) is 14.2. The molecule has 102 heavy (non-hydrogen) atoms. The van der Waals surface area contributed by atoms with E-state index in [-0.39, 0.29) is 104 Å². The molecule has 3 N–H and O–H groups in total. The van der Waals surface area contributed by atoms with Gasteiger partial charge in [0.1, 0.15) is 36.5 Å². The van der Waals surface area contributed by atoms with Gasteiger partial charge in [0, 0.05) is 27.1 Å². The van der Waals surface area contributed by atoms with Gasteiger partial charge in [0.25, 0.3) is 0 Å². The van der Waals surface area contributed by atoms with E-state index >= 15 is 0 Å². The van der Waals surface area contributed by atoms with Crippen molar-refractivity contribution in [2.45, 2.75) is 257 Å². The molecule has 0 aromatic heterocycles. The van der Waals surface area contributed by atoms with Gasteiger partial charge in [-0.3, -0.25) is 28.8 Å². The van der Waals surface area contributed by atoms with Crippen LogP contribution in [-0.4, -0.2) is 140 Å². The number of carbonyl (C=O) groups is 6. The van der Waals surface area contributed by atoms with E-state index in [1.54, 1.807) is 13.8 Å². The molecule has 10 atom stereocenters. The minimum absolute atomic E-state index is 0. The number of unbranched alkanes of at least 4 members (excludes halogenated alkanes) is 14. The van der Waals surface area contributed by atoms with Gasteiger partial charge < -0.3 is 72.5 Å². The number of phosphoric acid groups is 1. The number of aliphatic hydroxyl groups excluding tert-OH is 1. The molecule has 0 saturated carbocycles. The van der Waals surface area contributed by atoms with Gasteiger partial charge in [-0.15, -0.1) is 12.8 Å². The minimum Gasteiger partial charge on any atom is -0.790 e. The molecule has 2 rings (SSSR count). The average molecular weight is 1440 g/mol. The van der Waals surface area contributed by atoms with Crippen LogP contribution in [0.4, 0.5) is 0 Å². The summed E-state index contributed by atoms with van der Waals surface area (Å²) in [7, 11) is -5.68. The SMILES string of the molecule is C#CC#CC#CC#CC#CC#CC#CCC(=O)CC(=O)N[C@H]1C(O)O[C@H](COC(C)C)[C@@H](OC(C)=O)[C@@H]1OCCCCCCCCCC.C#CC#CC#CC#CC#CC#CC#CCC(=O)CC(=O)N[C@H]1[C@@H](OP(=O)([O-])[O-])O[C@H](COC(C)C)[C@@H](OC(C)=O)[C@@H]1OCCCCCCCCCC.[Na+].[Na+]. The van der Waals surface area contributed by atoms with Crippen molar-refractivity contribution in [3.8, 4) is 167 Å². The molecule has 2 saturated heterocycles. The second-order valence-electron chi connectivity index (χ2n) is 22.6. The van der Waals surface area contributed by atoms with Gasteiger partial charge in [-0.2, -0.15) is 0 Å². The summed E-state index contributed by atoms with van der Waals surface area (Å²) in [5.41, 5.74) is 0. The van der Waals surface area contributed by atoms with Crippen molar-refractivity contribution in [2.75, 3.05) is 26.4 Å². The number of esters is 2. The predicted molar refractivity (Wildman–Crippen MR) is 370 cm³/mol. The van der Waals surface area contributed by atoms with E-state index in [0.717, 1.165) is 64.7 Å². The molecule has 2 fully saturated rings. The van der Waals surface area contributed by atoms with Gasteiger partial charge in [0.2, 0.25) is 11.8 Å². The van der Waals surface area contributed by atoms with Crippen molar-refractivity contribution in [1.29, 1.82) is 0 Å². The van der Waals surface area contributed by atoms with Crippen LogP contribution in [-0.2, 0) is 75.8 Å². The number of hydrogen-bond donors (Lipinski definition) is 3. The van der Waals surface area contributed by atoms with Crippen molar-refractivity contribution in [2.24, 2.45) is 0 Å². The number of ether oxygens (including phenoxy) is 8. The zero-order valence-corrected chi connectivity index (χ0v) is 65.2. The van der Waals surface area contributed by atoms with Crippen LogP contribution in [0.5, 0.6) is 0 Å². The van der Waals surface area contributed by atoms with Crippen LogP contribution < -0.4 is 79.5 Å². The molecule has 2 heterocycles. The minimum atomic E-state index is -5.68. The van der Waals surface area contributed by atoms with E-state index in [0.29, 0.717) is 13.0 Å². The van der Waals surface area contributed by atoms with E-state index in [2.05, 4.69) is 178 Å². The quantitative estimate of drug-likeness (QED) is 0.0167. The molecule has 0 aliphatic carbocycles. The molecule has 24 heteroatoms. The van der Waals surface area contributed by atoms with E-state index in [1.807, 2.05) is 13.8 Å². The molecule has 21 nitrogen and oxygen atoms in total. The van der Waals surface area contributed by atoms with Crippen molar-refractivity contribution in [3.63, 3.8) is 0 Å². The Bertz CT molecular complexity index is 3610. The van der Waals surface area contributed by atoms with E-state index in [4.69, 9.17) is 55.3 Å². The normalized spacial score (nSPS) is 18.3. The Morgan fingerprint density at radius 1 is 0.471 bits per heavy atom. The Labute approximate surface area is 649 Å². The smallest absolute Gasteiger partial charge is 0.790 e. The van der Waals surface area contributed by atoms with Crippen LogP contribution >= 0.6 is 7.82 Å². The molecule has 0 spiro atoms. The Hall–Kier alpha value is -7.11. The van der Waals surface area contributed by atoms with Crippen molar-refractivity contribution >= 4 is 43.1 Å². The first-order chi connectivity index (χ1) is 48.1. The fraction of sp³-hybridized carbons (Fsp3) is 0.564. The molecular formula is C78H89N2Na2O19P. The molecule has 1 unspecified atom stereocenters. The van der Waals surface area contributed by atoms with Crippen molar-refractivity contribution in [3.05, 3.63) is 0 Å². The van der Waals surface area contributed by atoms with Crippen LogP contribution in [0.1, 0.15) is 184 Å². The second-order valence-corrected chi connectivity index (χ2v) is 23.7. The first-order valence-electron chi connectivity index (χ1n) is 33.1. The molecule has 0 radical (unpaired) electrons. The van der Waals surface area contributed by atoms with Gasteiger partial charge in [0.05, 0.1) is 58.9 Å². The number of Topliss-reactive ketones (excluding diaryl/α,β-unsaturated/α-hetero) is 2. The Morgan fingerprint density at radius 3 is 1.12 bits per heavy atom. The van der Waals surface area contributed by atoms with Crippen molar-refractivity contribution < 1.29 is 150 Å². The maximum atomic E-state index is 13.1. The summed E-state index contributed by atoms with van der Waals surface area (Å²) >= 11 is 0. The first kappa shape index (κ1) is 96.9. The van der Waals surface area contributed by atoms with Crippen LogP contribution in [0.15, 0.2) is 0 Å². The predicted octanol–water partition coefficient (Wildman–Crippen LogP) is -0.991. The maximum absolute atomic E-state index is 13.1. The number of amides is 2. The molecule has 2 amide bonds. The van der Waals surface area contributed by atoms with E-state index in [1.165, 1.54) is 45.4 Å². The average Bonchev–Trinajstić information content (AvgIpc) is 0.795. The summed E-state index contributed by atoms with van der Waals surface area (Å²) in [4.78, 5) is 98.7.